The lowest BCUT2D eigenvalue weighted by molar-refractivity contribution is 0.399. The maximum absolute atomic E-state index is 5.93. The number of aryl methyl sites for hydroxylation is 1. The molecule has 90 valence electrons. The van der Waals surface area contributed by atoms with Crippen molar-refractivity contribution in [2.45, 2.75) is 13.8 Å². The molecule has 17 heavy (non-hydrogen) atoms. The van der Waals surface area contributed by atoms with Crippen LogP contribution in [0.1, 0.15) is 11.4 Å². The summed E-state index contributed by atoms with van der Waals surface area (Å²) in [5.41, 5.74) is 8.10. The van der Waals surface area contributed by atoms with E-state index in [9.17, 15) is 0 Å². The van der Waals surface area contributed by atoms with Gasteiger partial charge in [0.1, 0.15) is 12.0 Å². The Bertz CT molecular complexity index is 566. The first-order valence-electron chi connectivity index (χ1n) is 4.92. The summed E-state index contributed by atoms with van der Waals surface area (Å²) < 4.78 is 7.66. The molecular weight excluding hydrogens is 286 g/mol. The third-order valence-corrected chi connectivity index (χ3v) is 3.57. The van der Waals surface area contributed by atoms with E-state index in [-0.39, 0.29) is 0 Å². The minimum atomic E-state index is 0.346. The SMILES string of the molecule is COc1ncnc(-n2nc(C)c(Br)c2C)c1N. The Kier molecular flexibility index (Phi) is 3.01. The smallest absolute Gasteiger partial charge is 0.242 e. The van der Waals surface area contributed by atoms with Gasteiger partial charge in [-0.1, -0.05) is 0 Å². The Morgan fingerprint density at radius 2 is 2.06 bits per heavy atom. The summed E-state index contributed by atoms with van der Waals surface area (Å²) in [4.78, 5) is 8.07. The number of aromatic nitrogens is 4. The highest BCUT2D eigenvalue weighted by Gasteiger charge is 2.16. The average molecular weight is 298 g/mol. The Labute approximate surface area is 107 Å². The van der Waals surface area contributed by atoms with Gasteiger partial charge in [-0.2, -0.15) is 10.1 Å². The van der Waals surface area contributed by atoms with Gasteiger partial charge in [-0.05, 0) is 29.8 Å². The van der Waals surface area contributed by atoms with E-state index in [0.29, 0.717) is 17.4 Å². The number of halogens is 1. The lowest BCUT2D eigenvalue weighted by Gasteiger charge is -2.08. The quantitative estimate of drug-likeness (QED) is 0.911. The number of nitrogen functional groups attached to an aromatic ring is 1. The molecular formula is C10H12BrN5O. The standard InChI is InChI=1S/C10H12BrN5O/c1-5-7(11)6(2)16(15-5)9-8(12)10(17-3)14-4-13-9/h4H,12H2,1-3H3. The Morgan fingerprint density at radius 1 is 1.35 bits per heavy atom. The molecule has 0 aromatic carbocycles. The second-order valence-electron chi connectivity index (χ2n) is 3.52. The molecule has 0 saturated carbocycles. The van der Waals surface area contributed by atoms with Crippen LogP contribution in [0.4, 0.5) is 5.69 Å². The molecule has 2 aromatic rings. The fourth-order valence-electron chi connectivity index (χ4n) is 1.53. The van der Waals surface area contributed by atoms with Crippen LogP contribution in [0.2, 0.25) is 0 Å². The van der Waals surface area contributed by atoms with E-state index in [2.05, 4.69) is 31.0 Å². The number of rotatable bonds is 2. The van der Waals surface area contributed by atoms with Crippen molar-refractivity contribution in [3.05, 3.63) is 22.2 Å². The van der Waals surface area contributed by atoms with Crippen LogP contribution >= 0.6 is 15.9 Å². The zero-order chi connectivity index (χ0) is 12.6. The fraction of sp³-hybridized carbons (Fsp3) is 0.300. The summed E-state index contributed by atoms with van der Waals surface area (Å²) in [6, 6.07) is 0. The van der Waals surface area contributed by atoms with Crippen molar-refractivity contribution in [2.24, 2.45) is 0 Å². The molecule has 0 unspecified atom stereocenters. The lowest BCUT2D eigenvalue weighted by atomic mass is 10.4. The summed E-state index contributed by atoms with van der Waals surface area (Å²) >= 11 is 3.46. The van der Waals surface area contributed by atoms with Crippen LogP contribution in [-0.4, -0.2) is 26.9 Å². The predicted molar refractivity (Wildman–Crippen MR) is 67.3 cm³/mol. The largest absolute Gasteiger partial charge is 0.479 e. The second kappa shape index (κ2) is 4.33. The van der Waals surface area contributed by atoms with E-state index in [1.807, 2.05) is 13.8 Å². The molecule has 0 saturated heterocycles. The van der Waals surface area contributed by atoms with Crippen molar-refractivity contribution in [3.8, 4) is 11.7 Å². The van der Waals surface area contributed by atoms with Crippen LogP contribution in [0.5, 0.6) is 5.88 Å². The van der Waals surface area contributed by atoms with Gasteiger partial charge in [0.2, 0.25) is 5.88 Å². The van der Waals surface area contributed by atoms with Gasteiger partial charge < -0.3 is 10.5 Å². The summed E-state index contributed by atoms with van der Waals surface area (Å²) in [5, 5.41) is 4.36. The number of hydrogen-bond acceptors (Lipinski definition) is 5. The van der Waals surface area contributed by atoms with Crippen LogP contribution < -0.4 is 10.5 Å². The van der Waals surface area contributed by atoms with Gasteiger partial charge in [0, 0.05) is 0 Å². The summed E-state index contributed by atoms with van der Waals surface area (Å²) in [6.45, 7) is 3.83. The minimum Gasteiger partial charge on any atom is -0.479 e. The molecule has 0 amide bonds. The molecule has 0 spiro atoms. The molecule has 0 aliphatic carbocycles. The van der Waals surface area contributed by atoms with Crippen molar-refractivity contribution >= 4 is 21.6 Å². The van der Waals surface area contributed by atoms with Crippen molar-refractivity contribution in [1.29, 1.82) is 0 Å². The maximum Gasteiger partial charge on any atom is 0.242 e. The third kappa shape index (κ3) is 1.86. The van der Waals surface area contributed by atoms with Crippen LogP contribution in [0.15, 0.2) is 10.8 Å². The van der Waals surface area contributed by atoms with E-state index >= 15 is 0 Å². The van der Waals surface area contributed by atoms with E-state index in [4.69, 9.17) is 10.5 Å². The topological polar surface area (TPSA) is 78.9 Å². The Balaban J connectivity index is 2.64. The van der Waals surface area contributed by atoms with E-state index in [1.165, 1.54) is 13.4 Å². The number of hydrogen-bond donors (Lipinski definition) is 1. The minimum absolute atomic E-state index is 0.346. The molecule has 2 N–H and O–H groups in total. The summed E-state index contributed by atoms with van der Waals surface area (Å²) in [6.07, 6.45) is 1.40. The number of ether oxygens (including phenoxy) is 1. The van der Waals surface area contributed by atoms with Crippen molar-refractivity contribution in [2.75, 3.05) is 12.8 Å². The van der Waals surface area contributed by atoms with Gasteiger partial charge in [-0.15, -0.1) is 0 Å². The number of nitrogens with zero attached hydrogens (tertiary/aromatic N) is 4. The van der Waals surface area contributed by atoms with Gasteiger partial charge in [0.15, 0.2) is 5.82 Å². The van der Waals surface area contributed by atoms with Gasteiger partial charge in [-0.25, -0.2) is 9.67 Å². The van der Waals surface area contributed by atoms with E-state index in [0.717, 1.165) is 15.9 Å². The van der Waals surface area contributed by atoms with Gasteiger partial charge in [-0.3, -0.25) is 0 Å². The molecule has 0 aliphatic rings. The summed E-state index contributed by atoms with van der Waals surface area (Å²) in [7, 11) is 1.51. The van der Waals surface area contributed by atoms with E-state index < -0.39 is 0 Å². The lowest BCUT2D eigenvalue weighted by Crippen LogP contribution is -2.08. The van der Waals surface area contributed by atoms with Gasteiger partial charge >= 0.3 is 0 Å². The Hall–Kier alpha value is -1.63. The molecule has 0 bridgehead atoms. The molecule has 0 atom stereocenters. The Morgan fingerprint density at radius 3 is 2.59 bits per heavy atom. The highest BCUT2D eigenvalue weighted by Crippen LogP contribution is 2.27. The van der Waals surface area contributed by atoms with Crippen molar-refractivity contribution in [1.82, 2.24) is 19.7 Å². The molecule has 2 aromatic heterocycles. The van der Waals surface area contributed by atoms with Gasteiger partial charge in [0.25, 0.3) is 0 Å². The van der Waals surface area contributed by atoms with Crippen LogP contribution in [0.25, 0.3) is 5.82 Å². The first-order chi connectivity index (χ1) is 8.06. The third-order valence-electron chi connectivity index (χ3n) is 2.42. The van der Waals surface area contributed by atoms with Crippen molar-refractivity contribution < 1.29 is 4.74 Å². The highest BCUT2D eigenvalue weighted by atomic mass is 79.9. The molecule has 2 rings (SSSR count). The number of methoxy groups -OCH3 is 1. The normalized spacial score (nSPS) is 10.6. The molecule has 7 heteroatoms. The molecule has 6 nitrogen and oxygen atoms in total. The van der Waals surface area contributed by atoms with Crippen LogP contribution in [0.3, 0.4) is 0 Å². The highest BCUT2D eigenvalue weighted by molar-refractivity contribution is 9.10. The zero-order valence-electron chi connectivity index (χ0n) is 9.73. The van der Waals surface area contributed by atoms with E-state index in [1.54, 1.807) is 4.68 Å². The zero-order valence-corrected chi connectivity index (χ0v) is 11.3. The summed E-state index contributed by atoms with van der Waals surface area (Å²) in [5.74, 6) is 0.863. The van der Waals surface area contributed by atoms with Crippen LogP contribution in [0, 0.1) is 13.8 Å². The molecule has 0 aliphatic heterocycles. The first kappa shape index (κ1) is 11.8. The predicted octanol–water partition coefficient (Wildman–Crippen LogP) is 1.63. The van der Waals surface area contributed by atoms with Gasteiger partial charge in [0.05, 0.1) is 23.0 Å². The van der Waals surface area contributed by atoms with Crippen molar-refractivity contribution in [3.63, 3.8) is 0 Å². The molecule has 0 radical (unpaired) electrons. The first-order valence-corrected chi connectivity index (χ1v) is 5.72. The average Bonchev–Trinajstić information content (AvgIpc) is 2.57. The molecule has 2 heterocycles. The second-order valence-corrected chi connectivity index (χ2v) is 4.31. The molecule has 0 fully saturated rings. The number of anilines is 1. The monoisotopic (exact) mass is 297 g/mol. The number of nitrogens with two attached hydrogens (primary N) is 1. The fourth-order valence-corrected chi connectivity index (χ4v) is 1.78. The van der Waals surface area contributed by atoms with Crippen LogP contribution in [-0.2, 0) is 0 Å². The maximum atomic E-state index is 5.93.